The van der Waals surface area contributed by atoms with E-state index in [1.54, 1.807) is 0 Å². The average Bonchev–Trinajstić information content (AvgIpc) is 2.68. The van der Waals surface area contributed by atoms with Crippen LogP contribution in [0.2, 0.25) is 0 Å². The molecule has 1 aromatic heterocycles. The first-order valence-electron chi connectivity index (χ1n) is 9.01. The largest absolute Gasteiger partial charge is 0.398 e. The Kier molecular flexibility index (Phi) is 5.17. The van der Waals surface area contributed by atoms with Gasteiger partial charge >= 0.3 is 0 Å². The highest BCUT2D eigenvalue weighted by Gasteiger charge is 2.12. The Balaban J connectivity index is 2.17. The molecule has 1 heterocycles. The van der Waals surface area contributed by atoms with Crippen LogP contribution in [0.3, 0.4) is 0 Å². The van der Waals surface area contributed by atoms with E-state index >= 15 is 0 Å². The molecule has 1 atom stereocenters. The van der Waals surface area contributed by atoms with Gasteiger partial charge < -0.3 is 11.1 Å². The highest BCUT2D eigenvalue weighted by molar-refractivity contribution is 5.90. The lowest BCUT2D eigenvalue weighted by Gasteiger charge is -2.14. The first-order valence-corrected chi connectivity index (χ1v) is 9.01. The summed E-state index contributed by atoms with van der Waals surface area (Å²) in [5.41, 5.74) is 13.8. The molecule has 0 fully saturated rings. The van der Waals surface area contributed by atoms with Crippen molar-refractivity contribution in [3.8, 4) is 22.4 Å². The van der Waals surface area contributed by atoms with Crippen molar-refractivity contribution in [3.63, 3.8) is 0 Å². The number of nitrogens with zero attached hydrogens (tertiary/aromatic N) is 1. The molecule has 3 aromatic rings. The number of aryl methyl sites for hydroxylation is 1. The van der Waals surface area contributed by atoms with E-state index in [0.29, 0.717) is 11.6 Å². The van der Waals surface area contributed by atoms with Crippen LogP contribution >= 0.6 is 0 Å². The fraction of sp³-hybridized carbons (Fsp3) is 0.217. The van der Waals surface area contributed by atoms with Crippen molar-refractivity contribution in [1.82, 2.24) is 4.98 Å². The van der Waals surface area contributed by atoms with E-state index in [4.69, 9.17) is 16.1 Å². The summed E-state index contributed by atoms with van der Waals surface area (Å²) >= 11 is 0. The first kappa shape index (κ1) is 17.9. The second-order valence-electron chi connectivity index (χ2n) is 6.77. The van der Waals surface area contributed by atoms with Gasteiger partial charge in [0.1, 0.15) is 0 Å². The average molecular weight is 343 g/mol. The number of pyridine rings is 1. The smallest absolute Gasteiger partial charge is 0.0783 e. The molecule has 0 radical (unpaired) electrons. The standard InChI is InChI=1S/C23H25N3/c1-4-15(2)17-6-5-7-19(12-17)23-21(10-8-16(3)26-23)18-9-11-22(25)20(13-18)14-24/h5-15,24H,4,25H2,1-3H3. The molecule has 0 amide bonds. The Morgan fingerprint density at radius 1 is 1.08 bits per heavy atom. The zero-order valence-electron chi connectivity index (χ0n) is 15.6. The van der Waals surface area contributed by atoms with Crippen molar-refractivity contribution in [3.05, 3.63) is 71.4 Å². The van der Waals surface area contributed by atoms with Crippen LogP contribution in [0.5, 0.6) is 0 Å². The molecular formula is C23H25N3. The molecule has 132 valence electrons. The van der Waals surface area contributed by atoms with Crippen LogP contribution in [0.15, 0.2) is 54.6 Å². The minimum Gasteiger partial charge on any atom is -0.398 e. The lowest BCUT2D eigenvalue weighted by Crippen LogP contribution is -1.97. The number of nitrogens with two attached hydrogens (primary N) is 1. The molecule has 0 saturated carbocycles. The summed E-state index contributed by atoms with van der Waals surface area (Å²) in [6.45, 7) is 6.47. The van der Waals surface area contributed by atoms with Gasteiger partial charge in [0.15, 0.2) is 0 Å². The van der Waals surface area contributed by atoms with Crippen LogP contribution in [-0.4, -0.2) is 11.2 Å². The monoisotopic (exact) mass is 343 g/mol. The van der Waals surface area contributed by atoms with Gasteiger partial charge in [0.25, 0.3) is 0 Å². The summed E-state index contributed by atoms with van der Waals surface area (Å²) in [6, 6.07) is 18.6. The number of benzene rings is 2. The number of anilines is 1. The maximum Gasteiger partial charge on any atom is 0.0783 e. The van der Waals surface area contributed by atoms with Crippen molar-refractivity contribution in [2.75, 3.05) is 5.73 Å². The van der Waals surface area contributed by atoms with Crippen molar-refractivity contribution >= 4 is 11.9 Å². The van der Waals surface area contributed by atoms with Crippen molar-refractivity contribution < 1.29 is 0 Å². The van der Waals surface area contributed by atoms with Gasteiger partial charge in [-0.3, -0.25) is 4.98 Å². The minimum atomic E-state index is 0.518. The van der Waals surface area contributed by atoms with Crippen LogP contribution in [0, 0.1) is 12.3 Å². The van der Waals surface area contributed by atoms with Gasteiger partial charge in [-0.25, -0.2) is 0 Å². The normalized spacial score (nSPS) is 12.0. The van der Waals surface area contributed by atoms with E-state index < -0.39 is 0 Å². The Bertz CT molecular complexity index is 944. The molecule has 0 aliphatic carbocycles. The van der Waals surface area contributed by atoms with Gasteiger partial charge in [-0.05, 0) is 54.7 Å². The van der Waals surface area contributed by atoms with Crippen LogP contribution < -0.4 is 5.73 Å². The summed E-state index contributed by atoms with van der Waals surface area (Å²) in [7, 11) is 0. The number of hydrogen-bond donors (Lipinski definition) is 2. The number of aromatic nitrogens is 1. The lowest BCUT2D eigenvalue weighted by atomic mass is 9.93. The second kappa shape index (κ2) is 7.52. The molecule has 2 aromatic carbocycles. The Hall–Kier alpha value is -2.94. The summed E-state index contributed by atoms with van der Waals surface area (Å²) in [5, 5.41) is 7.57. The predicted molar refractivity (Wildman–Crippen MR) is 111 cm³/mol. The third-order valence-electron chi connectivity index (χ3n) is 4.93. The van der Waals surface area contributed by atoms with Gasteiger partial charge in [-0.2, -0.15) is 0 Å². The molecule has 3 heteroatoms. The molecule has 1 unspecified atom stereocenters. The number of hydrogen-bond acceptors (Lipinski definition) is 3. The second-order valence-corrected chi connectivity index (χ2v) is 6.77. The van der Waals surface area contributed by atoms with Crippen LogP contribution in [0.25, 0.3) is 22.4 Å². The molecule has 0 saturated heterocycles. The lowest BCUT2D eigenvalue weighted by molar-refractivity contribution is 0.734. The molecule has 3 N–H and O–H groups in total. The Morgan fingerprint density at radius 2 is 1.88 bits per heavy atom. The maximum absolute atomic E-state index is 7.57. The molecular weight excluding hydrogens is 318 g/mol. The van der Waals surface area contributed by atoms with Crippen molar-refractivity contribution in [2.45, 2.75) is 33.1 Å². The maximum atomic E-state index is 7.57. The molecule has 0 aliphatic rings. The predicted octanol–water partition coefficient (Wildman–Crippen LogP) is 5.82. The summed E-state index contributed by atoms with van der Waals surface area (Å²) in [5.74, 6) is 0.518. The number of nitrogens with one attached hydrogen (secondary N) is 1. The summed E-state index contributed by atoms with van der Waals surface area (Å²) < 4.78 is 0. The summed E-state index contributed by atoms with van der Waals surface area (Å²) in [4.78, 5) is 4.84. The number of nitrogen functional groups attached to an aromatic ring is 1. The van der Waals surface area contributed by atoms with Crippen molar-refractivity contribution in [1.29, 1.82) is 5.41 Å². The fourth-order valence-corrected chi connectivity index (χ4v) is 3.11. The molecule has 0 aliphatic heterocycles. The van der Waals surface area contributed by atoms with Crippen LogP contribution in [-0.2, 0) is 0 Å². The summed E-state index contributed by atoms with van der Waals surface area (Å²) in [6.07, 6.45) is 2.40. The third kappa shape index (κ3) is 3.52. The fourth-order valence-electron chi connectivity index (χ4n) is 3.11. The van der Waals surface area contributed by atoms with Gasteiger partial charge in [0, 0.05) is 34.3 Å². The highest BCUT2D eigenvalue weighted by atomic mass is 14.7. The number of rotatable bonds is 5. The molecule has 26 heavy (non-hydrogen) atoms. The Morgan fingerprint density at radius 3 is 2.62 bits per heavy atom. The third-order valence-corrected chi connectivity index (χ3v) is 4.93. The molecule has 0 bridgehead atoms. The first-order chi connectivity index (χ1) is 12.5. The molecule has 3 nitrogen and oxygen atoms in total. The zero-order chi connectivity index (χ0) is 18.7. The van der Waals surface area contributed by atoms with Crippen LogP contribution in [0.4, 0.5) is 5.69 Å². The van der Waals surface area contributed by atoms with E-state index in [1.165, 1.54) is 11.8 Å². The Labute approximate surface area is 155 Å². The SMILES string of the molecule is CCC(C)c1cccc(-c2nc(C)ccc2-c2ccc(N)c(C=N)c2)c1. The quantitative estimate of drug-likeness (QED) is 0.453. The zero-order valence-corrected chi connectivity index (χ0v) is 15.6. The van der Waals surface area contributed by atoms with Gasteiger partial charge in [0.2, 0.25) is 0 Å². The van der Waals surface area contributed by atoms with Gasteiger partial charge in [0.05, 0.1) is 5.69 Å². The highest BCUT2D eigenvalue weighted by Crippen LogP contribution is 2.33. The van der Waals surface area contributed by atoms with E-state index in [1.807, 2.05) is 31.2 Å². The molecule has 3 rings (SSSR count). The topological polar surface area (TPSA) is 62.8 Å². The van der Waals surface area contributed by atoms with Gasteiger partial charge in [-0.1, -0.05) is 44.2 Å². The van der Waals surface area contributed by atoms with E-state index in [0.717, 1.165) is 40.1 Å². The molecule has 0 spiro atoms. The van der Waals surface area contributed by atoms with E-state index in [2.05, 4.69) is 44.2 Å². The van der Waals surface area contributed by atoms with E-state index in [9.17, 15) is 0 Å². The minimum absolute atomic E-state index is 0.518. The van der Waals surface area contributed by atoms with Gasteiger partial charge in [-0.15, -0.1) is 0 Å². The van der Waals surface area contributed by atoms with Crippen LogP contribution in [0.1, 0.15) is 43.0 Å². The van der Waals surface area contributed by atoms with Crippen molar-refractivity contribution in [2.24, 2.45) is 0 Å². The van der Waals surface area contributed by atoms with E-state index in [-0.39, 0.29) is 0 Å².